The minimum absolute atomic E-state index is 0.000336. The molecule has 2 aromatic heterocycles. The molecule has 104 valence electrons. The Morgan fingerprint density at radius 2 is 2.15 bits per heavy atom. The highest BCUT2D eigenvalue weighted by Gasteiger charge is 2.13. The first-order valence-corrected chi connectivity index (χ1v) is 5.92. The molecule has 9 nitrogen and oxygen atoms in total. The van der Waals surface area contributed by atoms with E-state index in [9.17, 15) is 20.0 Å². The van der Waals surface area contributed by atoms with E-state index in [0.717, 1.165) is 12.1 Å². The van der Waals surface area contributed by atoms with Gasteiger partial charge in [0.1, 0.15) is 10.7 Å². The van der Waals surface area contributed by atoms with E-state index in [4.69, 9.17) is 8.83 Å². The van der Waals surface area contributed by atoms with E-state index in [-0.39, 0.29) is 21.8 Å². The molecule has 0 radical (unpaired) electrons. The third-order valence-corrected chi connectivity index (χ3v) is 2.82. The molecule has 0 spiro atoms. The van der Waals surface area contributed by atoms with Crippen molar-refractivity contribution in [2.45, 2.75) is 12.1 Å². The molecule has 0 saturated carbocycles. The zero-order valence-electron chi connectivity index (χ0n) is 9.93. The summed E-state index contributed by atoms with van der Waals surface area (Å²) in [6.45, 7) is 1.55. The van der Waals surface area contributed by atoms with Gasteiger partial charge in [-0.05, 0) is 23.9 Å². The molecule has 0 aliphatic carbocycles. The van der Waals surface area contributed by atoms with Gasteiger partial charge in [0.25, 0.3) is 5.22 Å². The molecule has 0 bridgehead atoms. The van der Waals surface area contributed by atoms with Gasteiger partial charge in [0.15, 0.2) is 0 Å². The van der Waals surface area contributed by atoms with Crippen LogP contribution in [0.3, 0.4) is 0 Å². The normalized spacial score (nSPS) is 11.6. The SMILES string of the molecule is Cc1nnc(S/C(=C\c2ccc([N+](=O)[O-])o2)C(=O)[O-])o1. The van der Waals surface area contributed by atoms with Gasteiger partial charge in [0, 0.05) is 11.8 Å². The number of hydrogen-bond donors (Lipinski definition) is 0. The number of aliphatic carboxylic acids is 1. The molecular formula is C10H6N3O6S-. The van der Waals surface area contributed by atoms with Crippen molar-refractivity contribution in [2.24, 2.45) is 0 Å². The van der Waals surface area contributed by atoms with Gasteiger partial charge in [0.2, 0.25) is 5.89 Å². The second kappa shape index (κ2) is 5.57. The van der Waals surface area contributed by atoms with Crippen LogP contribution in [0.5, 0.6) is 0 Å². The lowest BCUT2D eigenvalue weighted by atomic mass is 10.4. The summed E-state index contributed by atoms with van der Waals surface area (Å²) in [6.07, 6.45) is 1.08. The van der Waals surface area contributed by atoms with Gasteiger partial charge in [-0.1, -0.05) is 0 Å². The van der Waals surface area contributed by atoms with Gasteiger partial charge in [-0.15, -0.1) is 10.2 Å². The summed E-state index contributed by atoms with van der Waals surface area (Å²) in [5.74, 6) is -1.71. The molecule has 2 rings (SSSR count). The Hall–Kier alpha value is -2.62. The molecular weight excluding hydrogens is 290 g/mol. The van der Waals surface area contributed by atoms with Gasteiger partial charge >= 0.3 is 5.88 Å². The average Bonchev–Trinajstić information content (AvgIpc) is 2.98. The largest absolute Gasteiger partial charge is 0.544 e. The number of aryl methyl sites for hydroxylation is 1. The fourth-order valence-corrected chi connectivity index (χ4v) is 1.88. The highest BCUT2D eigenvalue weighted by atomic mass is 32.2. The Balaban J connectivity index is 2.25. The first-order chi connectivity index (χ1) is 9.45. The van der Waals surface area contributed by atoms with Crippen LogP contribution in [0.15, 0.2) is 31.1 Å². The van der Waals surface area contributed by atoms with Gasteiger partial charge in [0.05, 0.1) is 12.0 Å². The molecule has 0 N–H and O–H groups in total. The van der Waals surface area contributed by atoms with Gasteiger partial charge in [-0.2, -0.15) is 0 Å². The van der Waals surface area contributed by atoms with Crippen LogP contribution in [0.2, 0.25) is 0 Å². The van der Waals surface area contributed by atoms with Crippen LogP contribution in [0.1, 0.15) is 11.7 Å². The molecule has 10 heteroatoms. The summed E-state index contributed by atoms with van der Waals surface area (Å²) in [5.41, 5.74) is 0. The van der Waals surface area contributed by atoms with E-state index in [2.05, 4.69) is 10.2 Å². The Kier molecular flexibility index (Phi) is 3.84. The summed E-state index contributed by atoms with van der Waals surface area (Å²) in [5, 5.41) is 28.6. The molecule has 2 aromatic rings. The van der Waals surface area contributed by atoms with Crippen molar-refractivity contribution in [3.05, 3.63) is 38.8 Å². The van der Waals surface area contributed by atoms with Crippen LogP contribution in [0.4, 0.5) is 5.88 Å². The molecule has 0 amide bonds. The molecule has 0 unspecified atom stereocenters. The van der Waals surface area contributed by atoms with Crippen LogP contribution in [0.25, 0.3) is 6.08 Å². The van der Waals surface area contributed by atoms with Crippen molar-refractivity contribution in [1.29, 1.82) is 0 Å². The van der Waals surface area contributed by atoms with E-state index >= 15 is 0 Å². The Morgan fingerprint density at radius 3 is 2.65 bits per heavy atom. The van der Waals surface area contributed by atoms with Crippen LogP contribution < -0.4 is 5.11 Å². The Bertz CT molecular complexity index is 689. The Labute approximate surface area is 115 Å². The highest BCUT2D eigenvalue weighted by Crippen LogP contribution is 2.28. The summed E-state index contributed by atoms with van der Waals surface area (Å²) >= 11 is 0.659. The molecule has 0 aromatic carbocycles. The number of carboxylic acid groups (broad SMARTS) is 1. The van der Waals surface area contributed by atoms with Crippen molar-refractivity contribution in [2.75, 3.05) is 0 Å². The van der Waals surface area contributed by atoms with Crippen LogP contribution in [-0.2, 0) is 4.79 Å². The van der Waals surface area contributed by atoms with Crippen LogP contribution >= 0.6 is 11.8 Å². The number of carbonyl (C=O) groups is 1. The third-order valence-electron chi connectivity index (χ3n) is 1.97. The fraction of sp³-hybridized carbons (Fsp3) is 0.100. The van der Waals surface area contributed by atoms with E-state index in [1.54, 1.807) is 6.92 Å². The number of hydrogen-bond acceptors (Lipinski definition) is 9. The first kappa shape index (κ1) is 13.8. The number of aromatic nitrogens is 2. The topological polar surface area (TPSA) is 135 Å². The summed E-state index contributed by atoms with van der Waals surface area (Å²) < 4.78 is 9.84. The van der Waals surface area contributed by atoms with Crippen molar-refractivity contribution < 1.29 is 23.7 Å². The maximum Gasteiger partial charge on any atom is 0.433 e. The predicted octanol–water partition coefficient (Wildman–Crippen LogP) is 0.762. The highest BCUT2D eigenvalue weighted by molar-refractivity contribution is 8.03. The number of carbonyl (C=O) groups excluding carboxylic acids is 1. The second-order valence-corrected chi connectivity index (χ2v) is 4.41. The van der Waals surface area contributed by atoms with Crippen molar-refractivity contribution >= 4 is 29.7 Å². The summed E-state index contributed by atoms with van der Waals surface area (Å²) in [7, 11) is 0. The van der Waals surface area contributed by atoms with E-state index in [1.165, 1.54) is 6.07 Å². The number of rotatable bonds is 5. The van der Waals surface area contributed by atoms with Crippen LogP contribution in [0, 0.1) is 17.0 Å². The average molecular weight is 296 g/mol. The molecule has 0 atom stereocenters. The minimum Gasteiger partial charge on any atom is -0.544 e. The molecule has 0 aliphatic rings. The van der Waals surface area contributed by atoms with Crippen molar-refractivity contribution in [1.82, 2.24) is 10.2 Å². The summed E-state index contributed by atoms with van der Waals surface area (Å²) in [4.78, 5) is 20.4. The zero-order valence-corrected chi connectivity index (χ0v) is 10.7. The maximum absolute atomic E-state index is 11.0. The molecule has 0 saturated heterocycles. The van der Waals surface area contributed by atoms with E-state index in [1.807, 2.05) is 0 Å². The van der Waals surface area contributed by atoms with Crippen LogP contribution in [-0.4, -0.2) is 21.1 Å². The van der Waals surface area contributed by atoms with Gasteiger partial charge < -0.3 is 18.7 Å². The number of nitrogens with zero attached hydrogens (tertiary/aromatic N) is 3. The smallest absolute Gasteiger partial charge is 0.433 e. The zero-order chi connectivity index (χ0) is 14.7. The maximum atomic E-state index is 11.0. The molecule has 20 heavy (non-hydrogen) atoms. The number of furan rings is 1. The quantitative estimate of drug-likeness (QED) is 0.339. The van der Waals surface area contributed by atoms with E-state index in [0.29, 0.717) is 11.8 Å². The minimum atomic E-state index is -1.50. The van der Waals surface area contributed by atoms with Crippen molar-refractivity contribution in [3.8, 4) is 0 Å². The monoisotopic (exact) mass is 296 g/mol. The lowest BCUT2D eigenvalue weighted by molar-refractivity contribution is -0.402. The number of carboxylic acids is 1. The second-order valence-electron chi connectivity index (χ2n) is 3.42. The standard InChI is InChI=1S/C10H7N3O6S/c1-5-11-12-10(18-5)20-7(9(14)15)4-6-2-3-8(19-6)13(16)17/h2-4H,1H3,(H,14,15)/p-1/b7-4-. The lowest BCUT2D eigenvalue weighted by Gasteiger charge is -2.03. The molecule has 0 aliphatic heterocycles. The van der Waals surface area contributed by atoms with Crippen molar-refractivity contribution in [3.63, 3.8) is 0 Å². The van der Waals surface area contributed by atoms with Gasteiger partial charge in [-0.25, -0.2) is 0 Å². The summed E-state index contributed by atoms with van der Waals surface area (Å²) in [6, 6.07) is 2.38. The van der Waals surface area contributed by atoms with E-state index < -0.39 is 16.8 Å². The molecule has 0 fully saturated rings. The molecule has 2 heterocycles. The number of nitro groups is 1. The Morgan fingerprint density at radius 1 is 1.40 bits per heavy atom. The number of thioether (sulfide) groups is 1. The van der Waals surface area contributed by atoms with Gasteiger partial charge in [-0.3, -0.25) is 10.1 Å². The predicted molar refractivity (Wildman–Crippen MR) is 63.2 cm³/mol. The lowest BCUT2D eigenvalue weighted by Crippen LogP contribution is -2.22. The third kappa shape index (κ3) is 3.23. The first-order valence-electron chi connectivity index (χ1n) is 5.11. The fourth-order valence-electron chi connectivity index (χ4n) is 1.19.